The molecule has 1 N–H and O–H groups in total. The Bertz CT molecular complexity index is 420. The van der Waals surface area contributed by atoms with Crippen LogP contribution in [0.1, 0.15) is 29.7 Å². The largest absolute Gasteiger partial charge is 0.475 e. The number of carboxylic acid groups (broad SMARTS) is 1. The summed E-state index contributed by atoms with van der Waals surface area (Å²) in [6.45, 7) is 4.73. The third-order valence-electron chi connectivity index (χ3n) is 2.77. The van der Waals surface area contributed by atoms with Gasteiger partial charge in [0.25, 0.3) is 0 Å². The molecule has 0 unspecified atom stereocenters. The SMILES string of the molecule is CC1=CCN(Cc2ccc(C(=O)O)o2)CC1. The maximum atomic E-state index is 10.6. The highest BCUT2D eigenvalue weighted by Crippen LogP contribution is 2.15. The van der Waals surface area contributed by atoms with Crippen LogP contribution in [0.2, 0.25) is 0 Å². The predicted molar refractivity (Wildman–Crippen MR) is 59.3 cm³/mol. The van der Waals surface area contributed by atoms with Crippen LogP contribution in [0, 0.1) is 0 Å². The molecule has 0 aromatic carbocycles. The van der Waals surface area contributed by atoms with Crippen molar-refractivity contribution in [2.24, 2.45) is 0 Å². The van der Waals surface area contributed by atoms with Crippen LogP contribution in [0.3, 0.4) is 0 Å². The molecule has 2 heterocycles. The number of hydrogen-bond acceptors (Lipinski definition) is 3. The summed E-state index contributed by atoms with van der Waals surface area (Å²) >= 11 is 0. The highest BCUT2D eigenvalue weighted by Gasteiger charge is 2.13. The van der Waals surface area contributed by atoms with Crippen molar-refractivity contribution in [2.45, 2.75) is 19.9 Å². The van der Waals surface area contributed by atoms with E-state index in [1.54, 1.807) is 6.07 Å². The Hall–Kier alpha value is -1.55. The van der Waals surface area contributed by atoms with E-state index >= 15 is 0 Å². The van der Waals surface area contributed by atoms with Gasteiger partial charge in [0.1, 0.15) is 5.76 Å². The van der Waals surface area contributed by atoms with Gasteiger partial charge in [0.05, 0.1) is 6.54 Å². The molecule has 0 radical (unpaired) electrons. The highest BCUT2D eigenvalue weighted by molar-refractivity contribution is 5.84. The summed E-state index contributed by atoms with van der Waals surface area (Å²) in [5.41, 5.74) is 1.42. The molecule has 1 aliphatic rings. The first kappa shape index (κ1) is 11.0. The molecule has 2 rings (SSSR count). The number of aromatic carboxylic acids is 1. The summed E-state index contributed by atoms with van der Waals surface area (Å²) in [4.78, 5) is 12.9. The second kappa shape index (κ2) is 4.53. The van der Waals surface area contributed by atoms with Crippen LogP contribution in [0.4, 0.5) is 0 Å². The van der Waals surface area contributed by atoms with Crippen LogP contribution in [0.25, 0.3) is 0 Å². The van der Waals surface area contributed by atoms with Gasteiger partial charge < -0.3 is 9.52 Å². The van der Waals surface area contributed by atoms with Crippen molar-refractivity contribution in [3.05, 3.63) is 35.3 Å². The van der Waals surface area contributed by atoms with E-state index in [2.05, 4.69) is 17.9 Å². The van der Waals surface area contributed by atoms with Crippen molar-refractivity contribution in [1.29, 1.82) is 0 Å². The number of furan rings is 1. The molecule has 1 aromatic heterocycles. The van der Waals surface area contributed by atoms with E-state index in [-0.39, 0.29) is 5.76 Å². The molecule has 1 aliphatic heterocycles. The average Bonchev–Trinajstić information content (AvgIpc) is 2.70. The Morgan fingerprint density at radius 3 is 2.94 bits per heavy atom. The van der Waals surface area contributed by atoms with Crippen molar-refractivity contribution >= 4 is 5.97 Å². The highest BCUT2D eigenvalue weighted by atomic mass is 16.4. The van der Waals surface area contributed by atoms with E-state index in [0.717, 1.165) is 19.5 Å². The zero-order valence-electron chi connectivity index (χ0n) is 9.27. The quantitative estimate of drug-likeness (QED) is 0.794. The van der Waals surface area contributed by atoms with Crippen molar-refractivity contribution < 1.29 is 14.3 Å². The molecule has 0 amide bonds. The average molecular weight is 221 g/mol. The summed E-state index contributed by atoms with van der Waals surface area (Å²) in [5.74, 6) is -0.287. The summed E-state index contributed by atoms with van der Waals surface area (Å²) in [5, 5.41) is 8.72. The third kappa shape index (κ3) is 2.52. The molecular formula is C12H15NO3. The Labute approximate surface area is 94.2 Å². The molecule has 86 valence electrons. The summed E-state index contributed by atoms with van der Waals surface area (Å²) in [7, 11) is 0. The molecular weight excluding hydrogens is 206 g/mol. The standard InChI is InChI=1S/C12H15NO3/c1-9-4-6-13(7-5-9)8-10-2-3-11(16-10)12(14)15/h2-4H,5-8H2,1H3,(H,14,15). The minimum atomic E-state index is -1.01. The van der Waals surface area contributed by atoms with Crippen molar-refractivity contribution in [2.75, 3.05) is 13.1 Å². The van der Waals surface area contributed by atoms with Crippen LogP contribution < -0.4 is 0 Å². The zero-order chi connectivity index (χ0) is 11.5. The molecule has 0 fully saturated rings. The molecule has 4 nitrogen and oxygen atoms in total. The molecule has 0 saturated heterocycles. The number of nitrogens with zero attached hydrogens (tertiary/aromatic N) is 1. The van der Waals surface area contributed by atoms with E-state index in [0.29, 0.717) is 12.3 Å². The Morgan fingerprint density at radius 2 is 2.38 bits per heavy atom. The van der Waals surface area contributed by atoms with E-state index in [9.17, 15) is 4.79 Å². The molecule has 0 atom stereocenters. The van der Waals surface area contributed by atoms with Gasteiger partial charge in [-0.15, -0.1) is 0 Å². The van der Waals surface area contributed by atoms with Gasteiger partial charge in [0, 0.05) is 13.1 Å². The number of carboxylic acids is 1. The van der Waals surface area contributed by atoms with Crippen molar-refractivity contribution in [3.63, 3.8) is 0 Å². The first-order valence-electron chi connectivity index (χ1n) is 5.35. The van der Waals surface area contributed by atoms with E-state index in [1.165, 1.54) is 11.6 Å². The third-order valence-corrected chi connectivity index (χ3v) is 2.77. The molecule has 4 heteroatoms. The minimum absolute atomic E-state index is 0.0127. The van der Waals surface area contributed by atoms with Crippen LogP contribution >= 0.6 is 0 Å². The van der Waals surface area contributed by atoms with Gasteiger partial charge in [-0.1, -0.05) is 11.6 Å². The van der Waals surface area contributed by atoms with Crippen molar-refractivity contribution in [3.8, 4) is 0 Å². The number of rotatable bonds is 3. The lowest BCUT2D eigenvalue weighted by Crippen LogP contribution is -2.27. The molecule has 1 aromatic rings. The Kier molecular flexibility index (Phi) is 3.10. The zero-order valence-corrected chi connectivity index (χ0v) is 9.27. The van der Waals surface area contributed by atoms with Crippen LogP contribution in [-0.4, -0.2) is 29.1 Å². The fourth-order valence-corrected chi connectivity index (χ4v) is 1.75. The monoisotopic (exact) mass is 221 g/mol. The van der Waals surface area contributed by atoms with Crippen molar-refractivity contribution in [1.82, 2.24) is 4.90 Å². The normalized spacial score (nSPS) is 17.2. The summed E-state index contributed by atoms with van der Waals surface area (Å²) in [6.07, 6.45) is 3.27. The summed E-state index contributed by atoms with van der Waals surface area (Å²) in [6, 6.07) is 3.23. The molecule has 0 aliphatic carbocycles. The minimum Gasteiger partial charge on any atom is -0.475 e. The maximum absolute atomic E-state index is 10.6. The van der Waals surface area contributed by atoms with E-state index < -0.39 is 5.97 Å². The van der Waals surface area contributed by atoms with Gasteiger partial charge in [-0.05, 0) is 25.5 Å². The predicted octanol–water partition coefficient (Wildman–Crippen LogP) is 2.13. The number of carbonyl (C=O) groups is 1. The fourth-order valence-electron chi connectivity index (χ4n) is 1.75. The first-order chi connectivity index (χ1) is 7.65. The van der Waals surface area contributed by atoms with E-state index in [1.807, 2.05) is 0 Å². The summed E-state index contributed by atoms with van der Waals surface area (Å²) < 4.78 is 5.21. The van der Waals surface area contributed by atoms with Crippen LogP contribution in [-0.2, 0) is 6.54 Å². The lowest BCUT2D eigenvalue weighted by molar-refractivity contribution is 0.0658. The van der Waals surface area contributed by atoms with Gasteiger partial charge in [-0.2, -0.15) is 0 Å². The van der Waals surface area contributed by atoms with Gasteiger partial charge in [0.2, 0.25) is 5.76 Å². The Morgan fingerprint density at radius 1 is 1.56 bits per heavy atom. The first-order valence-corrected chi connectivity index (χ1v) is 5.35. The molecule has 0 bridgehead atoms. The molecule has 0 saturated carbocycles. The van der Waals surface area contributed by atoms with Gasteiger partial charge >= 0.3 is 5.97 Å². The molecule has 0 spiro atoms. The van der Waals surface area contributed by atoms with Gasteiger partial charge in [-0.25, -0.2) is 4.79 Å². The van der Waals surface area contributed by atoms with Crippen LogP contribution in [0.5, 0.6) is 0 Å². The lowest BCUT2D eigenvalue weighted by atomic mass is 10.1. The maximum Gasteiger partial charge on any atom is 0.371 e. The lowest BCUT2D eigenvalue weighted by Gasteiger charge is -2.23. The molecule has 16 heavy (non-hydrogen) atoms. The van der Waals surface area contributed by atoms with Gasteiger partial charge in [-0.3, -0.25) is 4.90 Å². The van der Waals surface area contributed by atoms with Gasteiger partial charge in [0.15, 0.2) is 0 Å². The van der Waals surface area contributed by atoms with Crippen LogP contribution in [0.15, 0.2) is 28.2 Å². The Balaban J connectivity index is 1.96. The smallest absolute Gasteiger partial charge is 0.371 e. The topological polar surface area (TPSA) is 53.7 Å². The number of hydrogen-bond donors (Lipinski definition) is 1. The second-order valence-corrected chi connectivity index (χ2v) is 4.11. The second-order valence-electron chi connectivity index (χ2n) is 4.11. The van der Waals surface area contributed by atoms with E-state index in [4.69, 9.17) is 9.52 Å². The fraction of sp³-hybridized carbons (Fsp3) is 0.417.